The quantitative estimate of drug-likeness (QED) is 0.177. The minimum atomic E-state index is -1.52. The predicted octanol–water partition coefficient (Wildman–Crippen LogP) is 3.51. The number of nitrogens with zero attached hydrogens (tertiary/aromatic N) is 1. The van der Waals surface area contributed by atoms with Gasteiger partial charge in [0.1, 0.15) is 12.4 Å². The maximum Gasteiger partial charge on any atom is 0.357 e. The van der Waals surface area contributed by atoms with E-state index in [-0.39, 0.29) is 24.8 Å². The molecule has 6 rings (SSSR count). The van der Waals surface area contributed by atoms with Crippen molar-refractivity contribution >= 4 is 23.7 Å². The first-order valence-electron chi connectivity index (χ1n) is 16.8. The summed E-state index contributed by atoms with van der Waals surface area (Å²) in [5, 5.41) is 12.5. The van der Waals surface area contributed by atoms with E-state index in [0.717, 1.165) is 30.9 Å². The molecular weight excluding hydrogens is 634 g/mol. The predicted molar refractivity (Wildman–Crippen MR) is 174 cm³/mol. The van der Waals surface area contributed by atoms with Crippen LogP contribution in [0.2, 0.25) is 0 Å². The van der Waals surface area contributed by atoms with E-state index in [1.807, 2.05) is 26.1 Å². The summed E-state index contributed by atoms with van der Waals surface area (Å²) in [6.45, 7) is 3.81. The molecule has 12 nitrogen and oxygen atoms in total. The Balaban J connectivity index is 1.26. The molecule has 2 aliphatic carbocycles. The van der Waals surface area contributed by atoms with Crippen LogP contribution in [0.3, 0.4) is 0 Å². The Morgan fingerprint density at radius 2 is 1.88 bits per heavy atom. The Labute approximate surface area is 285 Å². The zero-order valence-electron chi connectivity index (χ0n) is 28.3. The van der Waals surface area contributed by atoms with Gasteiger partial charge in [-0.25, -0.2) is 4.79 Å². The largest absolute Gasteiger partial charge is 0.493 e. The van der Waals surface area contributed by atoms with Crippen LogP contribution in [0.1, 0.15) is 68.7 Å². The molecule has 2 heterocycles. The first-order valence-corrected chi connectivity index (χ1v) is 16.8. The molecule has 0 radical (unpaired) electrons. The maximum absolute atomic E-state index is 14.0. The molecule has 0 aromatic heterocycles. The lowest BCUT2D eigenvalue weighted by Gasteiger charge is -2.61. The first-order chi connectivity index (χ1) is 23.5. The highest BCUT2D eigenvalue weighted by molar-refractivity contribution is 5.90. The average molecular weight is 678 g/mol. The molecule has 4 aliphatic rings. The number of hydrogen-bond acceptors (Lipinski definition) is 12. The number of aliphatic hydroxyl groups is 1. The molecule has 2 aliphatic heterocycles. The minimum Gasteiger partial charge on any atom is -0.493 e. The Bertz CT molecular complexity index is 1640. The second-order valence-electron chi connectivity index (χ2n) is 13.2. The average Bonchev–Trinajstić information content (AvgIpc) is 3.44. The van der Waals surface area contributed by atoms with Crippen molar-refractivity contribution in [1.82, 2.24) is 4.90 Å². The third kappa shape index (κ3) is 6.10. The number of benzene rings is 2. The van der Waals surface area contributed by atoms with Crippen LogP contribution in [0.15, 0.2) is 54.3 Å². The molecule has 0 unspecified atom stereocenters. The highest BCUT2D eigenvalue weighted by Gasteiger charge is 2.72. The summed E-state index contributed by atoms with van der Waals surface area (Å²) in [4.78, 5) is 54.1. The monoisotopic (exact) mass is 677 g/mol. The van der Waals surface area contributed by atoms with E-state index in [9.17, 15) is 24.3 Å². The molecule has 1 spiro atoms. The standard InChI is InChI=1S/C37H43NO11/c1-5-6-18-45-21-25(40)28(46-22(2)39)20-30(41)48-32(23-10-8-7-9-11-23)35(42)47-27-14-15-37(43)29-19-24-12-13-26(44-4)33-31(24)36(37,34(27)49-33)16-17-38(29)3/h7-14,28-29,32,34,43H,5-6,15-21H2,1-4H3/t28-,29+,32-,34-,36-,37+/m0/s1. The topological polar surface area (TPSA) is 147 Å². The fourth-order valence-electron chi connectivity index (χ4n) is 7.90. The molecule has 49 heavy (non-hydrogen) atoms. The molecule has 12 heteroatoms. The lowest BCUT2D eigenvalue weighted by atomic mass is 9.50. The summed E-state index contributed by atoms with van der Waals surface area (Å²) in [5.74, 6) is -1.93. The van der Waals surface area contributed by atoms with Gasteiger partial charge < -0.3 is 38.4 Å². The number of methoxy groups -OCH3 is 1. The lowest BCUT2D eigenvalue weighted by molar-refractivity contribution is -0.178. The molecule has 2 aromatic rings. The Morgan fingerprint density at radius 1 is 1.10 bits per heavy atom. The highest BCUT2D eigenvalue weighted by Crippen LogP contribution is 2.65. The molecule has 2 aromatic carbocycles. The molecule has 6 atom stereocenters. The zero-order chi connectivity index (χ0) is 34.9. The number of unbranched alkanes of at least 4 members (excludes halogenated alkanes) is 1. The molecule has 1 N–H and O–H groups in total. The second-order valence-corrected chi connectivity index (χ2v) is 13.2. The van der Waals surface area contributed by atoms with Crippen molar-refractivity contribution in [2.75, 3.05) is 33.9 Å². The molecule has 1 saturated heterocycles. The molecule has 262 valence electrons. The van der Waals surface area contributed by atoms with E-state index < -0.39 is 59.4 Å². The van der Waals surface area contributed by atoms with Crippen molar-refractivity contribution in [2.45, 2.75) is 87.7 Å². The van der Waals surface area contributed by atoms with Crippen LogP contribution in [0.5, 0.6) is 11.5 Å². The lowest BCUT2D eigenvalue weighted by Crippen LogP contribution is -2.74. The van der Waals surface area contributed by atoms with Crippen molar-refractivity contribution in [2.24, 2.45) is 0 Å². The van der Waals surface area contributed by atoms with Crippen LogP contribution in [-0.2, 0) is 50.0 Å². The van der Waals surface area contributed by atoms with Crippen molar-refractivity contribution in [3.63, 3.8) is 0 Å². The number of likely N-dealkylation sites (N-methyl/N-ethyl adjacent to an activating group) is 1. The summed E-state index contributed by atoms with van der Waals surface area (Å²) >= 11 is 0. The maximum atomic E-state index is 14.0. The fraction of sp³-hybridized carbons (Fsp3) is 0.514. The number of rotatable bonds is 14. The summed E-state index contributed by atoms with van der Waals surface area (Å²) in [5.41, 5.74) is 0.172. The number of esters is 3. The van der Waals surface area contributed by atoms with Crippen LogP contribution >= 0.6 is 0 Å². The summed E-state index contributed by atoms with van der Waals surface area (Å²) in [6.07, 6.45) is 0.263. The number of ether oxygens (including phenoxy) is 6. The van der Waals surface area contributed by atoms with Gasteiger partial charge in [0.05, 0.1) is 24.5 Å². The molecule has 2 bridgehead atoms. The minimum absolute atomic E-state index is 0.185. The van der Waals surface area contributed by atoms with E-state index in [0.29, 0.717) is 43.1 Å². The van der Waals surface area contributed by atoms with E-state index >= 15 is 0 Å². The van der Waals surface area contributed by atoms with Crippen molar-refractivity contribution in [1.29, 1.82) is 0 Å². The van der Waals surface area contributed by atoms with Crippen molar-refractivity contribution in [3.8, 4) is 11.5 Å². The molecule has 0 amide bonds. The number of likely N-dealkylation sites (tertiary alicyclic amines) is 1. The zero-order valence-corrected chi connectivity index (χ0v) is 28.3. The van der Waals surface area contributed by atoms with Gasteiger partial charge in [-0.15, -0.1) is 0 Å². The van der Waals surface area contributed by atoms with E-state index in [2.05, 4.69) is 4.90 Å². The number of Topliss-reactive ketones (excluding diaryl/α,β-unsaturated/α-hetero) is 1. The second kappa shape index (κ2) is 13.9. The van der Waals surface area contributed by atoms with Crippen molar-refractivity contribution < 1.29 is 52.7 Å². The SMILES string of the molecule is CCCCOCC(=O)[C@H](CC(=O)O[C@H](C(=O)OC1=CC[C@@]2(O)[C@H]3Cc4ccc(OC)c5c4[C@@]2(CCN3C)[C@H]1O5)c1ccccc1)OC(C)=O. The number of piperidine rings is 1. The van der Waals surface area contributed by atoms with Crippen LogP contribution in [-0.4, -0.2) is 91.5 Å². The van der Waals surface area contributed by atoms with Gasteiger partial charge in [0, 0.05) is 37.1 Å². The summed E-state index contributed by atoms with van der Waals surface area (Å²) < 4.78 is 34.5. The third-order valence-corrected chi connectivity index (χ3v) is 10.2. The van der Waals surface area contributed by atoms with Gasteiger partial charge in [-0.2, -0.15) is 0 Å². The third-order valence-electron chi connectivity index (χ3n) is 10.2. The van der Waals surface area contributed by atoms with Gasteiger partial charge in [-0.3, -0.25) is 14.4 Å². The van der Waals surface area contributed by atoms with Crippen LogP contribution < -0.4 is 9.47 Å². The number of ketones is 1. The van der Waals surface area contributed by atoms with Gasteiger partial charge in [0.25, 0.3) is 0 Å². The van der Waals surface area contributed by atoms with E-state index in [1.165, 1.54) is 0 Å². The number of hydrogen-bond donors (Lipinski definition) is 1. The normalized spacial score (nSPS) is 25.9. The van der Waals surface area contributed by atoms with Gasteiger partial charge >= 0.3 is 17.9 Å². The van der Waals surface area contributed by atoms with Gasteiger partial charge in [-0.05, 0) is 50.6 Å². The fourth-order valence-corrected chi connectivity index (χ4v) is 7.90. The van der Waals surface area contributed by atoms with Gasteiger partial charge in [0.15, 0.2) is 29.5 Å². The van der Waals surface area contributed by atoms with Crippen molar-refractivity contribution in [3.05, 3.63) is 71.0 Å². The first kappa shape index (κ1) is 34.6. The van der Waals surface area contributed by atoms with Crippen LogP contribution in [0.25, 0.3) is 0 Å². The van der Waals surface area contributed by atoms with Gasteiger partial charge in [-0.1, -0.05) is 49.7 Å². The number of carbonyl (C=O) groups excluding carboxylic acids is 4. The van der Waals surface area contributed by atoms with E-state index in [1.54, 1.807) is 43.5 Å². The van der Waals surface area contributed by atoms with Crippen LogP contribution in [0, 0.1) is 0 Å². The summed E-state index contributed by atoms with van der Waals surface area (Å²) in [7, 11) is 3.56. The number of carbonyl (C=O) groups is 4. The summed E-state index contributed by atoms with van der Waals surface area (Å²) in [6, 6.07) is 12.0. The van der Waals surface area contributed by atoms with Crippen LogP contribution in [0.4, 0.5) is 0 Å². The Morgan fingerprint density at radius 3 is 2.59 bits per heavy atom. The Kier molecular flexibility index (Phi) is 9.83. The van der Waals surface area contributed by atoms with Gasteiger partial charge in [0.2, 0.25) is 6.10 Å². The molecule has 1 fully saturated rings. The molecule has 0 saturated carbocycles. The highest BCUT2D eigenvalue weighted by atomic mass is 16.6. The molecular formula is C37H43NO11. The Hall–Kier alpha value is -4.26. The van der Waals surface area contributed by atoms with E-state index in [4.69, 9.17) is 28.4 Å². The smallest absolute Gasteiger partial charge is 0.357 e.